The first-order valence-corrected chi connectivity index (χ1v) is 8.24. The van der Waals surface area contributed by atoms with Gasteiger partial charge in [-0.05, 0) is 32.0 Å². The Morgan fingerprint density at radius 2 is 1.62 bits per heavy atom. The predicted molar refractivity (Wildman–Crippen MR) is 91.4 cm³/mol. The van der Waals surface area contributed by atoms with Gasteiger partial charge >= 0.3 is 11.9 Å². The van der Waals surface area contributed by atoms with Gasteiger partial charge in [0.25, 0.3) is 0 Å². The van der Waals surface area contributed by atoms with Gasteiger partial charge in [0.05, 0.1) is 13.2 Å². The van der Waals surface area contributed by atoms with Gasteiger partial charge in [-0.3, -0.25) is 9.59 Å². The van der Waals surface area contributed by atoms with Gasteiger partial charge in [-0.1, -0.05) is 26.7 Å². The van der Waals surface area contributed by atoms with Crippen molar-refractivity contribution in [2.24, 2.45) is 0 Å². The number of carboxylic acid groups (broad SMARTS) is 1. The molecule has 1 aromatic carbocycles. The normalized spacial score (nSPS) is 9.50. The summed E-state index contributed by atoms with van der Waals surface area (Å²) in [5, 5.41) is 8.49. The molecule has 0 fully saturated rings. The number of carboxylic acids is 1. The van der Waals surface area contributed by atoms with Gasteiger partial charge in [-0.2, -0.15) is 0 Å². The van der Waals surface area contributed by atoms with Crippen molar-refractivity contribution in [3.63, 3.8) is 0 Å². The van der Waals surface area contributed by atoms with E-state index in [-0.39, 0.29) is 6.61 Å². The molecule has 0 aliphatic heterocycles. The quantitative estimate of drug-likeness (QED) is 0.544. The number of aliphatic carboxylic acids is 1. The molecule has 0 aromatic heterocycles. The zero-order chi connectivity index (χ0) is 18.4. The van der Waals surface area contributed by atoms with Gasteiger partial charge in [0, 0.05) is 5.56 Å². The molecular weight excluding hydrogens is 312 g/mol. The standard InChI is InChI=1S/C14H18O6.C4H10/c1-3-18-11-5-6-12(19-4-2)10(7-11)9-20-14(17)8-13(15)16;1-3-4-2/h5-7H,3-4,8-9H2,1-2H3,(H,15,16);3-4H2,1-2H3. The van der Waals surface area contributed by atoms with Crippen LogP contribution in [0.2, 0.25) is 0 Å². The fourth-order valence-electron chi connectivity index (χ4n) is 1.55. The molecule has 6 nitrogen and oxygen atoms in total. The van der Waals surface area contributed by atoms with Crippen molar-refractivity contribution in [3.05, 3.63) is 23.8 Å². The Labute approximate surface area is 143 Å². The van der Waals surface area contributed by atoms with E-state index in [0.717, 1.165) is 0 Å². The average Bonchev–Trinajstić information content (AvgIpc) is 2.55. The number of ether oxygens (including phenoxy) is 3. The highest BCUT2D eigenvalue weighted by Crippen LogP contribution is 2.25. The summed E-state index contributed by atoms with van der Waals surface area (Å²) in [5.41, 5.74) is 0.636. The first-order chi connectivity index (χ1) is 11.5. The molecule has 0 aliphatic carbocycles. The van der Waals surface area contributed by atoms with Gasteiger partial charge in [0.1, 0.15) is 24.5 Å². The van der Waals surface area contributed by atoms with E-state index in [0.29, 0.717) is 30.3 Å². The minimum absolute atomic E-state index is 0.0532. The molecule has 1 N–H and O–H groups in total. The van der Waals surface area contributed by atoms with Crippen LogP contribution in [0.15, 0.2) is 18.2 Å². The fourth-order valence-corrected chi connectivity index (χ4v) is 1.55. The number of benzene rings is 1. The lowest BCUT2D eigenvalue weighted by atomic mass is 10.2. The van der Waals surface area contributed by atoms with Crippen molar-refractivity contribution in [2.75, 3.05) is 13.2 Å². The molecular formula is C18H28O6. The highest BCUT2D eigenvalue weighted by Gasteiger charge is 2.12. The van der Waals surface area contributed by atoms with E-state index in [2.05, 4.69) is 13.8 Å². The van der Waals surface area contributed by atoms with Crippen LogP contribution in [-0.2, 0) is 20.9 Å². The van der Waals surface area contributed by atoms with Crippen molar-refractivity contribution in [1.82, 2.24) is 0 Å². The number of carbonyl (C=O) groups excluding carboxylic acids is 1. The molecule has 0 aliphatic rings. The number of esters is 1. The van der Waals surface area contributed by atoms with Crippen molar-refractivity contribution in [3.8, 4) is 11.5 Å². The summed E-state index contributed by atoms with van der Waals surface area (Å²) in [7, 11) is 0. The summed E-state index contributed by atoms with van der Waals surface area (Å²) in [5.74, 6) is -0.788. The zero-order valence-corrected chi connectivity index (χ0v) is 15.0. The lowest BCUT2D eigenvalue weighted by Crippen LogP contribution is -2.11. The van der Waals surface area contributed by atoms with Crippen molar-refractivity contribution >= 4 is 11.9 Å². The molecule has 0 spiro atoms. The Bertz CT molecular complexity index is 496. The molecule has 136 valence electrons. The largest absolute Gasteiger partial charge is 0.494 e. The Morgan fingerprint density at radius 1 is 1.00 bits per heavy atom. The Morgan fingerprint density at radius 3 is 2.12 bits per heavy atom. The van der Waals surface area contributed by atoms with Crippen molar-refractivity contribution in [2.45, 2.75) is 53.6 Å². The zero-order valence-electron chi connectivity index (χ0n) is 15.0. The summed E-state index contributed by atoms with van der Waals surface area (Å²) in [6, 6.07) is 5.20. The van der Waals surface area contributed by atoms with Gasteiger partial charge < -0.3 is 19.3 Å². The third-order valence-electron chi connectivity index (χ3n) is 2.83. The number of carbonyl (C=O) groups is 2. The second-order valence-electron chi connectivity index (χ2n) is 4.87. The molecule has 0 saturated heterocycles. The minimum Gasteiger partial charge on any atom is -0.494 e. The number of hydrogen-bond donors (Lipinski definition) is 1. The van der Waals surface area contributed by atoms with E-state index in [1.807, 2.05) is 13.8 Å². The number of unbranched alkanes of at least 4 members (excludes halogenated alkanes) is 1. The Kier molecular flexibility index (Phi) is 12.0. The highest BCUT2D eigenvalue weighted by molar-refractivity contribution is 5.90. The van der Waals surface area contributed by atoms with Gasteiger partial charge in [0.2, 0.25) is 0 Å². The SMILES string of the molecule is CCCC.CCOc1ccc(OCC)c(COC(=O)CC(=O)O)c1. The molecule has 6 heteroatoms. The lowest BCUT2D eigenvalue weighted by molar-refractivity contribution is -0.152. The molecule has 0 atom stereocenters. The van der Waals surface area contributed by atoms with E-state index in [1.165, 1.54) is 12.8 Å². The average molecular weight is 340 g/mol. The molecule has 1 rings (SSSR count). The Hall–Kier alpha value is -2.24. The molecule has 24 heavy (non-hydrogen) atoms. The van der Waals surface area contributed by atoms with Crippen LogP contribution in [-0.4, -0.2) is 30.3 Å². The molecule has 0 amide bonds. The summed E-state index contributed by atoms with van der Waals surface area (Å²) >= 11 is 0. The smallest absolute Gasteiger partial charge is 0.317 e. The third-order valence-corrected chi connectivity index (χ3v) is 2.83. The van der Waals surface area contributed by atoms with Crippen LogP contribution in [0.25, 0.3) is 0 Å². The lowest BCUT2D eigenvalue weighted by Gasteiger charge is -2.12. The molecule has 0 saturated carbocycles. The fraction of sp³-hybridized carbons (Fsp3) is 0.556. The van der Waals surface area contributed by atoms with E-state index < -0.39 is 18.4 Å². The third kappa shape index (κ3) is 9.71. The van der Waals surface area contributed by atoms with E-state index in [4.69, 9.17) is 19.3 Å². The second-order valence-corrected chi connectivity index (χ2v) is 4.87. The highest BCUT2D eigenvalue weighted by atomic mass is 16.5. The predicted octanol–water partition coefficient (Wildman–Crippen LogP) is 3.81. The summed E-state index contributed by atoms with van der Waals surface area (Å²) in [6.07, 6.45) is 1.98. The van der Waals surface area contributed by atoms with Crippen molar-refractivity contribution < 1.29 is 28.9 Å². The van der Waals surface area contributed by atoms with Crippen LogP contribution in [0.1, 0.15) is 52.5 Å². The minimum atomic E-state index is -1.22. The van der Waals surface area contributed by atoms with E-state index >= 15 is 0 Å². The Balaban J connectivity index is 0.00000118. The second kappa shape index (κ2) is 13.2. The summed E-state index contributed by atoms with van der Waals surface area (Å²) < 4.78 is 15.7. The van der Waals surface area contributed by atoms with Gasteiger partial charge in [-0.15, -0.1) is 0 Å². The maximum atomic E-state index is 11.2. The van der Waals surface area contributed by atoms with Crippen LogP contribution in [0.5, 0.6) is 11.5 Å². The van der Waals surface area contributed by atoms with E-state index in [1.54, 1.807) is 18.2 Å². The summed E-state index contributed by atoms with van der Waals surface area (Å²) in [4.78, 5) is 21.6. The maximum absolute atomic E-state index is 11.2. The molecule has 0 bridgehead atoms. The summed E-state index contributed by atoms with van der Waals surface area (Å²) in [6.45, 7) is 9.01. The molecule has 0 heterocycles. The number of rotatable bonds is 9. The molecule has 0 radical (unpaired) electrons. The molecule has 0 unspecified atom stereocenters. The molecule has 1 aromatic rings. The van der Waals surface area contributed by atoms with Gasteiger partial charge in [-0.25, -0.2) is 0 Å². The van der Waals surface area contributed by atoms with Crippen LogP contribution < -0.4 is 9.47 Å². The van der Waals surface area contributed by atoms with Crippen LogP contribution in [0.3, 0.4) is 0 Å². The van der Waals surface area contributed by atoms with Crippen LogP contribution in [0.4, 0.5) is 0 Å². The topological polar surface area (TPSA) is 82.1 Å². The van der Waals surface area contributed by atoms with Crippen LogP contribution in [0, 0.1) is 0 Å². The first kappa shape index (κ1) is 21.8. The van der Waals surface area contributed by atoms with Gasteiger partial charge in [0.15, 0.2) is 0 Å². The van der Waals surface area contributed by atoms with Crippen molar-refractivity contribution in [1.29, 1.82) is 0 Å². The number of hydrogen-bond acceptors (Lipinski definition) is 5. The first-order valence-electron chi connectivity index (χ1n) is 8.24. The van der Waals surface area contributed by atoms with Crippen LogP contribution >= 0.6 is 0 Å². The monoisotopic (exact) mass is 340 g/mol. The maximum Gasteiger partial charge on any atom is 0.317 e. The van der Waals surface area contributed by atoms with E-state index in [9.17, 15) is 9.59 Å².